The van der Waals surface area contributed by atoms with Gasteiger partial charge >= 0.3 is 0 Å². The third kappa shape index (κ3) is 4.37. The summed E-state index contributed by atoms with van der Waals surface area (Å²) >= 11 is 0. The highest BCUT2D eigenvalue weighted by Gasteiger charge is 2.31. The highest BCUT2D eigenvalue weighted by Crippen LogP contribution is 2.45. The van der Waals surface area contributed by atoms with Crippen molar-refractivity contribution in [1.82, 2.24) is 30.0 Å². The first-order valence-corrected chi connectivity index (χ1v) is 11.7. The topological polar surface area (TPSA) is 93.5 Å². The lowest BCUT2D eigenvalue weighted by Gasteiger charge is -2.14. The van der Waals surface area contributed by atoms with E-state index in [-0.39, 0.29) is 5.56 Å². The molecule has 3 aromatic rings. The minimum Gasteiger partial charge on any atom is -0.362 e. The summed E-state index contributed by atoms with van der Waals surface area (Å²) in [6, 6.07) is 0. The van der Waals surface area contributed by atoms with Gasteiger partial charge in [0.15, 0.2) is 0 Å². The van der Waals surface area contributed by atoms with Crippen molar-refractivity contribution in [2.75, 3.05) is 19.6 Å². The number of H-pyrrole nitrogens is 3. The lowest BCUT2D eigenvalue weighted by molar-refractivity contribution is 0.330. The molecular weight excluding hydrogens is 388 g/mol. The number of hydrogen-bond acceptors (Lipinski definition) is 4. The predicted molar refractivity (Wildman–Crippen MR) is 121 cm³/mol. The van der Waals surface area contributed by atoms with Crippen molar-refractivity contribution in [2.45, 2.75) is 64.2 Å². The van der Waals surface area contributed by atoms with Crippen molar-refractivity contribution in [2.24, 2.45) is 0 Å². The average Bonchev–Trinajstić information content (AvgIpc) is 3.15. The molecule has 4 heterocycles. The Hall–Kier alpha value is -2.67. The quantitative estimate of drug-likeness (QED) is 0.460. The molecule has 2 aliphatic rings. The van der Waals surface area contributed by atoms with Crippen molar-refractivity contribution in [3.05, 3.63) is 57.2 Å². The molecule has 31 heavy (non-hydrogen) atoms. The normalized spacial score (nSPS) is 16.9. The van der Waals surface area contributed by atoms with Gasteiger partial charge in [-0.05, 0) is 88.5 Å². The second-order valence-corrected chi connectivity index (χ2v) is 9.09. The molecule has 1 aliphatic carbocycles. The van der Waals surface area contributed by atoms with Crippen LogP contribution >= 0.6 is 0 Å². The van der Waals surface area contributed by atoms with E-state index in [0.29, 0.717) is 23.6 Å². The maximum atomic E-state index is 12.1. The van der Waals surface area contributed by atoms with E-state index in [1.54, 1.807) is 18.6 Å². The first kappa shape index (κ1) is 20.2. The first-order valence-electron chi connectivity index (χ1n) is 11.7. The van der Waals surface area contributed by atoms with E-state index in [1.807, 2.05) is 0 Å². The molecule has 1 saturated heterocycles. The summed E-state index contributed by atoms with van der Waals surface area (Å²) in [6.45, 7) is 6.01. The van der Waals surface area contributed by atoms with Crippen LogP contribution in [-0.2, 0) is 12.8 Å². The SMILES string of the molecule is Cc1[nH]c(Cc2nccnc2-c2c[nH][nH]c2=O)c(C2CC2)c1CCCCN1CCCC1. The van der Waals surface area contributed by atoms with Crippen molar-refractivity contribution in [3.8, 4) is 11.3 Å². The van der Waals surface area contributed by atoms with Gasteiger partial charge < -0.3 is 15.0 Å². The van der Waals surface area contributed by atoms with Gasteiger partial charge in [0.1, 0.15) is 0 Å². The summed E-state index contributed by atoms with van der Waals surface area (Å²) < 4.78 is 0. The second-order valence-electron chi connectivity index (χ2n) is 9.09. The van der Waals surface area contributed by atoms with E-state index in [0.717, 1.165) is 12.1 Å². The summed E-state index contributed by atoms with van der Waals surface area (Å²) in [6.07, 6.45) is 14.6. The zero-order valence-corrected chi connectivity index (χ0v) is 18.3. The molecule has 0 unspecified atom stereocenters. The molecule has 0 aromatic carbocycles. The van der Waals surface area contributed by atoms with Crippen LogP contribution < -0.4 is 5.56 Å². The van der Waals surface area contributed by atoms with E-state index in [1.165, 1.54) is 80.7 Å². The maximum absolute atomic E-state index is 12.1. The number of nitrogens with one attached hydrogen (secondary N) is 3. The lowest BCUT2D eigenvalue weighted by atomic mass is 9.97. The molecule has 0 radical (unpaired) electrons. The zero-order valence-electron chi connectivity index (χ0n) is 18.3. The van der Waals surface area contributed by atoms with Crippen molar-refractivity contribution in [3.63, 3.8) is 0 Å². The summed E-state index contributed by atoms with van der Waals surface area (Å²) in [4.78, 5) is 27.5. The van der Waals surface area contributed by atoms with Crippen LogP contribution in [0.5, 0.6) is 0 Å². The molecule has 7 heteroatoms. The van der Waals surface area contributed by atoms with Gasteiger partial charge in [0.05, 0.1) is 17.0 Å². The molecule has 164 valence electrons. The van der Waals surface area contributed by atoms with Crippen LogP contribution in [0.1, 0.15) is 72.7 Å². The van der Waals surface area contributed by atoms with E-state index in [2.05, 4.69) is 37.0 Å². The summed E-state index contributed by atoms with van der Waals surface area (Å²) in [7, 11) is 0. The van der Waals surface area contributed by atoms with Gasteiger partial charge in [-0.2, -0.15) is 0 Å². The molecule has 0 atom stereocenters. The number of unbranched alkanes of at least 4 members (excludes halogenated alkanes) is 1. The Morgan fingerprint density at radius 2 is 1.94 bits per heavy atom. The van der Waals surface area contributed by atoms with Crippen molar-refractivity contribution < 1.29 is 0 Å². The lowest BCUT2D eigenvalue weighted by Crippen LogP contribution is -2.20. The molecule has 2 fully saturated rings. The molecule has 3 aromatic heterocycles. The molecule has 1 saturated carbocycles. The van der Waals surface area contributed by atoms with Crippen molar-refractivity contribution >= 4 is 0 Å². The Morgan fingerprint density at radius 3 is 2.68 bits per heavy atom. The number of nitrogens with zero attached hydrogens (tertiary/aromatic N) is 3. The highest BCUT2D eigenvalue weighted by molar-refractivity contribution is 5.60. The van der Waals surface area contributed by atoms with Crippen LogP contribution in [0.15, 0.2) is 23.4 Å². The second kappa shape index (κ2) is 8.83. The summed E-state index contributed by atoms with van der Waals surface area (Å²) in [5.74, 6) is 0.671. The Balaban J connectivity index is 1.35. The highest BCUT2D eigenvalue weighted by atomic mass is 16.1. The van der Waals surface area contributed by atoms with Crippen LogP contribution in [0.3, 0.4) is 0 Å². The number of aromatic nitrogens is 5. The van der Waals surface area contributed by atoms with Crippen LogP contribution in [0.25, 0.3) is 11.3 Å². The number of likely N-dealkylation sites (tertiary alicyclic amines) is 1. The molecule has 1 aliphatic heterocycles. The van der Waals surface area contributed by atoms with Gasteiger partial charge in [-0.25, -0.2) is 0 Å². The van der Waals surface area contributed by atoms with Gasteiger partial charge in [-0.15, -0.1) is 0 Å². The van der Waals surface area contributed by atoms with Gasteiger partial charge in [-0.3, -0.25) is 19.9 Å². The van der Waals surface area contributed by atoms with E-state index in [4.69, 9.17) is 0 Å². The maximum Gasteiger partial charge on any atom is 0.273 e. The van der Waals surface area contributed by atoms with Gasteiger partial charge in [0.2, 0.25) is 0 Å². The summed E-state index contributed by atoms with van der Waals surface area (Å²) in [5, 5.41) is 5.37. The van der Waals surface area contributed by atoms with Crippen LogP contribution in [0, 0.1) is 6.92 Å². The fourth-order valence-electron chi connectivity index (χ4n) is 5.09. The van der Waals surface area contributed by atoms with Crippen molar-refractivity contribution in [1.29, 1.82) is 0 Å². The minimum absolute atomic E-state index is 0.162. The Labute approximate surface area is 182 Å². The number of aryl methyl sites for hydroxylation is 1. The first-order chi connectivity index (χ1) is 15.2. The number of rotatable bonds is 9. The third-order valence-electron chi connectivity index (χ3n) is 6.80. The van der Waals surface area contributed by atoms with Crippen LogP contribution in [-0.4, -0.2) is 49.7 Å². The minimum atomic E-state index is -0.162. The standard InChI is InChI=1S/C24H32N6O/c1-16-18(6-2-3-11-30-12-4-5-13-30)22(17-7-8-17)20(28-16)14-21-23(26-10-9-25-21)19-15-27-29-24(19)31/h9-10,15,17,28H,2-8,11-14H2,1H3,(H2,27,29,31). The Morgan fingerprint density at radius 1 is 1.13 bits per heavy atom. The van der Waals surface area contributed by atoms with E-state index >= 15 is 0 Å². The molecule has 0 spiro atoms. The van der Waals surface area contributed by atoms with E-state index < -0.39 is 0 Å². The van der Waals surface area contributed by atoms with Crippen LogP contribution in [0.4, 0.5) is 0 Å². The molecule has 5 rings (SSSR count). The molecule has 7 nitrogen and oxygen atoms in total. The largest absolute Gasteiger partial charge is 0.362 e. The van der Waals surface area contributed by atoms with Crippen LogP contribution in [0.2, 0.25) is 0 Å². The Bertz CT molecular complexity index is 1080. The van der Waals surface area contributed by atoms with Gasteiger partial charge in [0.25, 0.3) is 5.56 Å². The van der Waals surface area contributed by atoms with Gasteiger partial charge in [0, 0.05) is 36.4 Å². The van der Waals surface area contributed by atoms with E-state index in [9.17, 15) is 4.79 Å². The van der Waals surface area contributed by atoms with Gasteiger partial charge in [-0.1, -0.05) is 0 Å². The summed E-state index contributed by atoms with van der Waals surface area (Å²) in [5.41, 5.74) is 7.46. The average molecular weight is 421 g/mol. The monoisotopic (exact) mass is 420 g/mol. The number of hydrogen-bond donors (Lipinski definition) is 3. The smallest absolute Gasteiger partial charge is 0.273 e. The number of aromatic amines is 3. The molecule has 3 N–H and O–H groups in total. The molecule has 0 bridgehead atoms. The molecular formula is C24H32N6O. The predicted octanol–water partition coefficient (Wildman–Crippen LogP) is 3.68. The Kier molecular flexibility index (Phi) is 5.76. The third-order valence-corrected chi connectivity index (χ3v) is 6.80. The molecule has 0 amide bonds. The zero-order chi connectivity index (χ0) is 21.2. The fraction of sp³-hybridized carbons (Fsp3) is 0.542. The fourth-order valence-corrected chi connectivity index (χ4v) is 5.09.